The summed E-state index contributed by atoms with van der Waals surface area (Å²) in [4.78, 5) is 0. The fourth-order valence-electron chi connectivity index (χ4n) is 1.82. The number of rotatable bonds is 5. The Balaban J connectivity index is 2.97. The molecule has 16 heavy (non-hydrogen) atoms. The Morgan fingerprint density at radius 2 is 1.81 bits per heavy atom. The number of benzene rings is 1. The molecule has 0 heterocycles. The second-order valence-electron chi connectivity index (χ2n) is 4.23. The van der Waals surface area contributed by atoms with Crippen LogP contribution in [0.4, 0.5) is 0 Å². The largest absolute Gasteiger partial charge is 0.229 e. The van der Waals surface area contributed by atoms with Crippen molar-refractivity contribution >= 4 is 10.0 Å². The molecule has 1 rings (SSSR count). The third-order valence-corrected chi connectivity index (χ3v) is 3.79. The van der Waals surface area contributed by atoms with Crippen molar-refractivity contribution in [3.05, 3.63) is 35.9 Å². The predicted octanol–water partition coefficient (Wildman–Crippen LogP) is 2.10. The minimum atomic E-state index is -3.43. The molecular formula is C12H19NO2S. The van der Waals surface area contributed by atoms with Gasteiger partial charge in [0.05, 0.1) is 5.75 Å². The Morgan fingerprint density at radius 1 is 1.25 bits per heavy atom. The van der Waals surface area contributed by atoms with E-state index in [2.05, 4.69) is 13.8 Å². The van der Waals surface area contributed by atoms with Crippen molar-refractivity contribution in [2.45, 2.75) is 26.2 Å². The Morgan fingerprint density at radius 3 is 2.25 bits per heavy atom. The maximum Gasteiger partial charge on any atom is 0.209 e. The lowest BCUT2D eigenvalue weighted by Crippen LogP contribution is -2.25. The van der Waals surface area contributed by atoms with E-state index in [0.29, 0.717) is 5.92 Å². The van der Waals surface area contributed by atoms with Crippen LogP contribution >= 0.6 is 0 Å². The van der Waals surface area contributed by atoms with E-state index in [9.17, 15) is 8.42 Å². The summed E-state index contributed by atoms with van der Waals surface area (Å²) in [6.07, 6.45) is 0.940. The lowest BCUT2D eigenvalue weighted by molar-refractivity contribution is 0.469. The van der Waals surface area contributed by atoms with Crippen molar-refractivity contribution in [2.24, 2.45) is 11.1 Å². The van der Waals surface area contributed by atoms with Crippen molar-refractivity contribution < 1.29 is 8.42 Å². The van der Waals surface area contributed by atoms with Gasteiger partial charge >= 0.3 is 0 Å². The maximum absolute atomic E-state index is 11.2. The van der Waals surface area contributed by atoms with Crippen molar-refractivity contribution in [1.29, 1.82) is 0 Å². The molecule has 0 aliphatic heterocycles. The van der Waals surface area contributed by atoms with E-state index in [1.807, 2.05) is 30.3 Å². The Bertz CT molecular complexity index is 414. The zero-order chi connectivity index (χ0) is 12.2. The van der Waals surface area contributed by atoms with Gasteiger partial charge in [0.15, 0.2) is 0 Å². The molecule has 2 N–H and O–H groups in total. The van der Waals surface area contributed by atoms with Crippen LogP contribution in [-0.4, -0.2) is 14.2 Å². The minimum Gasteiger partial charge on any atom is -0.229 e. The highest BCUT2D eigenvalue weighted by Crippen LogP contribution is 2.27. The van der Waals surface area contributed by atoms with Gasteiger partial charge in [-0.25, -0.2) is 13.6 Å². The molecule has 90 valence electrons. The van der Waals surface area contributed by atoms with Crippen LogP contribution in [0.3, 0.4) is 0 Å². The summed E-state index contributed by atoms with van der Waals surface area (Å²) in [5.74, 6) is 0.313. The topological polar surface area (TPSA) is 60.2 Å². The molecule has 1 aromatic carbocycles. The van der Waals surface area contributed by atoms with Gasteiger partial charge < -0.3 is 0 Å². The van der Waals surface area contributed by atoms with E-state index in [-0.39, 0.29) is 11.7 Å². The molecule has 0 fully saturated rings. The first-order valence-electron chi connectivity index (χ1n) is 5.49. The highest BCUT2D eigenvalue weighted by Gasteiger charge is 2.22. The molecule has 0 aromatic heterocycles. The molecule has 2 unspecified atom stereocenters. The zero-order valence-corrected chi connectivity index (χ0v) is 10.6. The molecule has 0 aliphatic rings. The smallest absolute Gasteiger partial charge is 0.209 e. The van der Waals surface area contributed by atoms with Crippen LogP contribution in [0.5, 0.6) is 0 Å². The van der Waals surface area contributed by atoms with Crippen LogP contribution in [0.2, 0.25) is 0 Å². The van der Waals surface area contributed by atoms with E-state index in [0.717, 1.165) is 12.0 Å². The molecule has 1 aromatic rings. The second-order valence-corrected chi connectivity index (χ2v) is 5.89. The van der Waals surface area contributed by atoms with Crippen LogP contribution in [0.1, 0.15) is 31.7 Å². The van der Waals surface area contributed by atoms with E-state index in [1.54, 1.807) is 0 Å². The monoisotopic (exact) mass is 241 g/mol. The summed E-state index contributed by atoms with van der Waals surface area (Å²) < 4.78 is 22.4. The van der Waals surface area contributed by atoms with Gasteiger partial charge in [0.25, 0.3) is 0 Å². The molecule has 0 amide bonds. The number of sulfonamides is 1. The van der Waals surface area contributed by atoms with Gasteiger partial charge in [-0.05, 0) is 11.5 Å². The Labute approximate surface area is 97.7 Å². The molecule has 0 bridgehead atoms. The number of primary sulfonamides is 1. The standard InChI is InChI=1S/C12H19NO2S/c1-3-10(2)12(9-16(13,14)15)11-7-5-4-6-8-11/h4-8,10,12H,3,9H2,1-2H3,(H2,13,14,15). The van der Waals surface area contributed by atoms with Gasteiger partial charge in [-0.2, -0.15) is 0 Å². The summed E-state index contributed by atoms with van der Waals surface area (Å²) in [5.41, 5.74) is 1.05. The summed E-state index contributed by atoms with van der Waals surface area (Å²) in [6.45, 7) is 4.12. The van der Waals surface area contributed by atoms with Gasteiger partial charge in [0.2, 0.25) is 10.0 Å². The first kappa shape index (κ1) is 13.2. The lowest BCUT2D eigenvalue weighted by atomic mass is 9.87. The average Bonchev–Trinajstić information content (AvgIpc) is 2.25. The van der Waals surface area contributed by atoms with Gasteiger partial charge in [0.1, 0.15) is 0 Å². The highest BCUT2D eigenvalue weighted by atomic mass is 32.2. The van der Waals surface area contributed by atoms with Crippen LogP contribution in [-0.2, 0) is 10.0 Å². The summed E-state index contributed by atoms with van der Waals surface area (Å²) >= 11 is 0. The lowest BCUT2D eigenvalue weighted by Gasteiger charge is -2.22. The molecule has 0 aliphatic carbocycles. The van der Waals surface area contributed by atoms with Gasteiger partial charge in [-0.3, -0.25) is 0 Å². The fourth-order valence-corrected chi connectivity index (χ4v) is 2.85. The molecule has 2 atom stereocenters. The number of hydrogen-bond acceptors (Lipinski definition) is 2. The van der Waals surface area contributed by atoms with E-state index < -0.39 is 10.0 Å². The van der Waals surface area contributed by atoms with E-state index in [1.165, 1.54) is 0 Å². The molecule has 0 spiro atoms. The third-order valence-electron chi connectivity index (χ3n) is 2.97. The van der Waals surface area contributed by atoms with Crippen LogP contribution < -0.4 is 5.14 Å². The SMILES string of the molecule is CCC(C)C(CS(N)(=O)=O)c1ccccc1. The van der Waals surface area contributed by atoms with Crippen LogP contribution in [0, 0.1) is 5.92 Å². The van der Waals surface area contributed by atoms with Crippen molar-refractivity contribution in [1.82, 2.24) is 0 Å². The van der Waals surface area contributed by atoms with Crippen LogP contribution in [0.25, 0.3) is 0 Å². The Hall–Kier alpha value is -0.870. The molecular weight excluding hydrogens is 222 g/mol. The molecule has 4 heteroatoms. The van der Waals surface area contributed by atoms with Gasteiger partial charge in [0, 0.05) is 5.92 Å². The summed E-state index contributed by atoms with van der Waals surface area (Å²) in [6, 6.07) is 9.69. The normalized spacial score (nSPS) is 15.7. The van der Waals surface area contributed by atoms with Crippen LogP contribution in [0.15, 0.2) is 30.3 Å². The van der Waals surface area contributed by atoms with E-state index >= 15 is 0 Å². The maximum atomic E-state index is 11.2. The first-order chi connectivity index (χ1) is 7.44. The highest BCUT2D eigenvalue weighted by molar-refractivity contribution is 7.89. The molecule has 0 saturated carbocycles. The summed E-state index contributed by atoms with van der Waals surface area (Å²) in [7, 11) is -3.43. The first-order valence-corrected chi connectivity index (χ1v) is 7.21. The fraction of sp³-hybridized carbons (Fsp3) is 0.500. The van der Waals surface area contributed by atoms with Crippen molar-refractivity contribution in [2.75, 3.05) is 5.75 Å². The van der Waals surface area contributed by atoms with Gasteiger partial charge in [-0.15, -0.1) is 0 Å². The minimum absolute atomic E-state index is 0.0128. The molecule has 0 saturated heterocycles. The van der Waals surface area contributed by atoms with E-state index in [4.69, 9.17) is 5.14 Å². The zero-order valence-electron chi connectivity index (χ0n) is 9.76. The quantitative estimate of drug-likeness (QED) is 0.858. The van der Waals surface area contributed by atoms with Crippen molar-refractivity contribution in [3.63, 3.8) is 0 Å². The van der Waals surface area contributed by atoms with Gasteiger partial charge in [-0.1, -0.05) is 50.6 Å². The second kappa shape index (κ2) is 5.46. The predicted molar refractivity (Wildman–Crippen MR) is 66.6 cm³/mol. The number of nitrogens with two attached hydrogens (primary N) is 1. The average molecular weight is 241 g/mol. The van der Waals surface area contributed by atoms with Crippen molar-refractivity contribution in [3.8, 4) is 0 Å². The number of hydrogen-bond donors (Lipinski definition) is 1. The Kier molecular flexibility index (Phi) is 4.50. The third kappa shape index (κ3) is 3.94. The molecule has 3 nitrogen and oxygen atoms in total. The summed E-state index contributed by atoms with van der Waals surface area (Å²) in [5, 5.41) is 5.14. The molecule has 0 radical (unpaired) electrons.